The second-order valence-electron chi connectivity index (χ2n) is 5.28. The van der Waals surface area contributed by atoms with Gasteiger partial charge in [-0.1, -0.05) is 19.1 Å². The quantitative estimate of drug-likeness (QED) is 0.802. The molecule has 1 heterocycles. The molecule has 0 aliphatic carbocycles. The first-order chi connectivity index (χ1) is 9.78. The molecular weight excluding hydrogens is 304 g/mol. The predicted molar refractivity (Wildman–Crippen MR) is 94.4 cm³/mol. The first-order valence-corrected chi connectivity index (χ1v) is 8.60. The minimum atomic E-state index is 0. The van der Waals surface area contributed by atoms with Gasteiger partial charge < -0.3 is 10.6 Å². The van der Waals surface area contributed by atoms with E-state index in [1.807, 2.05) is 23.9 Å². The summed E-state index contributed by atoms with van der Waals surface area (Å²) in [5, 5.41) is 6.35. The van der Waals surface area contributed by atoms with E-state index in [-0.39, 0.29) is 18.3 Å². The van der Waals surface area contributed by atoms with Crippen LogP contribution in [0.1, 0.15) is 31.7 Å². The van der Waals surface area contributed by atoms with Crippen LogP contribution in [-0.2, 0) is 10.5 Å². The van der Waals surface area contributed by atoms with Crippen molar-refractivity contribution >= 4 is 35.8 Å². The highest BCUT2D eigenvalue weighted by Crippen LogP contribution is 2.18. The highest BCUT2D eigenvalue weighted by molar-refractivity contribution is 7.98. The highest BCUT2D eigenvalue weighted by Gasteiger charge is 2.15. The van der Waals surface area contributed by atoms with Gasteiger partial charge in [-0.15, -0.1) is 12.4 Å². The van der Waals surface area contributed by atoms with Crippen LogP contribution in [0.2, 0.25) is 0 Å². The van der Waals surface area contributed by atoms with E-state index in [0.717, 1.165) is 36.7 Å². The number of hydrogen-bond acceptors (Lipinski definition) is 3. The van der Waals surface area contributed by atoms with Gasteiger partial charge in [0, 0.05) is 17.9 Å². The average Bonchev–Trinajstić information content (AvgIpc) is 2.97. The Morgan fingerprint density at radius 1 is 1.48 bits per heavy atom. The van der Waals surface area contributed by atoms with Crippen molar-refractivity contribution in [1.29, 1.82) is 0 Å². The van der Waals surface area contributed by atoms with E-state index >= 15 is 0 Å². The summed E-state index contributed by atoms with van der Waals surface area (Å²) in [6.07, 6.45) is 2.82. The minimum absolute atomic E-state index is 0. The van der Waals surface area contributed by atoms with Crippen molar-refractivity contribution in [2.75, 3.05) is 24.2 Å². The number of carbonyl (C=O) groups excluding carboxylic acids is 1. The molecule has 1 atom stereocenters. The van der Waals surface area contributed by atoms with Crippen LogP contribution >= 0.6 is 24.2 Å². The van der Waals surface area contributed by atoms with Crippen molar-refractivity contribution < 1.29 is 4.79 Å². The summed E-state index contributed by atoms with van der Waals surface area (Å²) in [6, 6.07) is 8.18. The van der Waals surface area contributed by atoms with Gasteiger partial charge in [-0.3, -0.25) is 4.79 Å². The van der Waals surface area contributed by atoms with E-state index in [1.165, 1.54) is 12.0 Å². The topological polar surface area (TPSA) is 41.1 Å². The summed E-state index contributed by atoms with van der Waals surface area (Å²) in [7, 11) is 0. The van der Waals surface area contributed by atoms with Gasteiger partial charge in [0.15, 0.2) is 0 Å². The van der Waals surface area contributed by atoms with Gasteiger partial charge in [0.1, 0.15) is 0 Å². The maximum atomic E-state index is 12.0. The third-order valence-corrected chi connectivity index (χ3v) is 4.57. The van der Waals surface area contributed by atoms with Crippen LogP contribution in [0, 0.1) is 5.92 Å². The third kappa shape index (κ3) is 6.72. The maximum absolute atomic E-state index is 12.0. The van der Waals surface area contributed by atoms with E-state index < -0.39 is 0 Å². The fraction of sp³-hybridized carbons (Fsp3) is 0.562. The van der Waals surface area contributed by atoms with Crippen LogP contribution in [-0.4, -0.2) is 24.7 Å². The highest BCUT2D eigenvalue weighted by atomic mass is 35.5. The number of hydrogen-bond donors (Lipinski definition) is 2. The summed E-state index contributed by atoms with van der Waals surface area (Å²) in [5.41, 5.74) is 2.20. The number of rotatable bonds is 7. The molecule has 21 heavy (non-hydrogen) atoms. The number of benzene rings is 1. The second-order valence-corrected chi connectivity index (χ2v) is 6.56. The Morgan fingerprint density at radius 2 is 2.33 bits per heavy atom. The fourth-order valence-corrected chi connectivity index (χ4v) is 3.10. The van der Waals surface area contributed by atoms with Crippen LogP contribution < -0.4 is 10.6 Å². The first kappa shape index (κ1) is 18.3. The Hall–Kier alpha value is -0.710. The SMILES string of the molecule is CCSCc1cccc(NC(=O)CCC2CCNC2)c1.Cl. The van der Waals surface area contributed by atoms with Gasteiger partial charge >= 0.3 is 0 Å². The molecule has 5 heteroatoms. The lowest BCUT2D eigenvalue weighted by Crippen LogP contribution is -2.15. The lowest BCUT2D eigenvalue weighted by atomic mass is 10.0. The molecule has 0 bridgehead atoms. The molecule has 2 rings (SSSR count). The van der Waals surface area contributed by atoms with Gasteiger partial charge in [-0.2, -0.15) is 11.8 Å². The average molecular weight is 329 g/mol. The molecule has 1 saturated heterocycles. The molecule has 0 radical (unpaired) electrons. The first-order valence-electron chi connectivity index (χ1n) is 7.45. The van der Waals surface area contributed by atoms with Gasteiger partial charge in [0.25, 0.3) is 0 Å². The minimum Gasteiger partial charge on any atom is -0.326 e. The van der Waals surface area contributed by atoms with Crippen molar-refractivity contribution in [2.24, 2.45) is 5.92 Å². The van der Waals surface area contributed by atoms with Crippen LogP contribution in [0.4, 0.5) is 5.69 Å². The molecule has 1 unspecified atom stereocenters. The molecule has 1 aromatic rings. The Morgan fingerprint density at radius 3 is 3.05 bits per heavy atom. The molecule has 3 nitrogen and oxygen atoms in total. The van der Waals surface area contributed by atoms with Gasteiger partial charge in [-0.05, 0) is 55.3 Å². The lowest BCUT2D eigenvalue weighted by molar-refractivity contribution is -0.116. The third-order valence-electron chi connectivity index (χ3n) is 3.63. The van der Waals surface area contributed by atoms with Crippen molar-refractivity contribution in [3.8, 4) is 0 Å². The summed E-state index contributed by atoms with van der Waals surface area (Å²) >= 11 is 1.90. The van der Waals surface area contributed by atoms with Crippen molar-refractivity contribution in [1.82, 2.24) is 5.32 Å². The second kappa shape index (κ2) is 10.1. The van der Waals surface area contributed by atoms with E-state index in [1.54, 1.807) is 0 Å². The van der Waals surface area contributed by atoms with Crippen molar-refractivity contribution in [3.05, 3.63) is 29.8 Å². The predicted octanol–water partition coefficient (Wildman–Crippen LogP) is 3.69. The number of nitrogens with one attached hydrogen (secondary N) is 2. The van der Waals surface area contributed by atoms with Crippen LogP contribution in [0.15, 0.2) is 24.3 Å². The summed E-state index contributed by atoms with van der Waals surface area (Å²) < 4.78 is 0. The Bertz CT molecular complexity index is 436. The van der Waals surface area contributed by atoms with Crippen LogP contribution in [0.3, 0.4) is 0 Å². The zero-order chi connectivity index (χ0) is 14.2. The van der Waals surface area contributed by atoms with Crippen molar-refractivity contribution in [2.45, 2.75) is 31.9 Å². The van der Waals surface area contributed by atoms with E-state index in [4.69, 9.17) is 0 Å². The fourth-order valence-electron chi connectivity index (χ4n) is 2.48. The standard InChI is InChI=1S/C16H24N2OS.ClH/c1-2-20-12-14-4-3-5-15(10-14)18-16(19)7-6-13-8-9-17-11-13;/h3-5,10,13,17H,2,6-9,11-12H2,1H3,(H,18,19);1H. The Balaban J connectivity index is 0.00000220. The zero-order valence-corrected chi connectivity index (χ0v) is 14.2. The van der Waals surface area contributed by atoms with E-state index in [0.29, 0.717) is 12.3 Å². The molecule has 1 amide bonds. The van der Waals surface area contributed by atoms with Gasteiger partial charge in [-0.25, -0.2) is 0 Å². The Kier molecular flexibility index (Phi) is 8.81. The smallest absolute Gasteiger partial charge is 0.224 e. The molecule has 0 aromatic heterocycles. The largest absolute Gasteiger partial charge is 0.326 e. The molecule has 1 aliphatic heterocycles. The van der Waals surface area contributed by atoms with Crippen LogP contribution in [0.25, 0.3) is 0 Å². The molecule has 0 spiro atoms. The lowest BCUT2D eigenvalue weighted by Gasteiger charge is -2.09. The molecule has 1 fully saturated rings. The number of halogens is 1. The summed E-state index contributed by atoms with van der Waals surface area (Å²) in [5.74, 6) is 2.94. The van der Waals surface area contributed by atoms with Crippen molar-refractivity contribution in [3.63, 3.8) is 0 Å². The normalized spacial score (nSPS) is 17.3. The molecule has 118 valence electrons. The van der Waals surface area contributed by atoms with E-state index in [2.05, 4.69) is 29.7 Å². The molecular formula is C16H25ClN2OS. The Labute approximate surface area is 138 Å². The van der Waals surface area contributed by atoms with Crippen LogP contribution in [0.5, 0.6) is 0 Å². The number of amides is 1. The molecule has 1 aliphatic rings. The molecule has 0 saturated carbocycles. The number of thioether (sulfide) groups is 1. The summed E-state index contributed by atoms with van der Waals surface area (Å²) in [6.45, 7) is 4.33. The van der Waals surface area contributed by atoms with E-state index in [9.17, 15) is 4.79 Å². The molecule has 1 aromatic carbocycles. The molecule has 2 N–H and O–H groups in total. The number of carbonyl (C=O) groups is 1. The van der Waals surface area contributed by atoms with Gasteiger partial charge in [0.05, 0.1) is 0 Å². The van der Waals surface area contributed by atoms with Gasteiger partial charge in [0.2, 0.25) is 5.91 Å². The zero-order valence-electron chi connectivity index (χ0n) is 12.6. The maximum Gasteiger partial charge on any atom is 0.224 e. The monoisotopic (exact) mass is 328 g/mol. The summed E-state index contributed by atoms with van der Waals surface area (Å²) in [4.78, 5) is 12.0. The number of anilines is 1.